The van der Waals surface area contributed by atoms with Crippen molar-refractivity contribution in [2.75, 3.05) is 37.3 Å². The third-order valence-electron chi connectivity index (χ3n) is 5.13. The van der Waals surface area contributed by atoms with Crippen LogP contribution >= 0.6 is 0 Å². The molecule has 0 saturated carbocycles. The second-order valence-electron chi connectivity index (χ2n) is 10.0. The van der Waals surface area contributed by atoms with Crippen LogP contribution < -0.4 is 4.90 Å². The zero-order valence-corrected chi connectivity index (χ0v) is 21.2. The monoisotopic (exact) mass is 471 g/mol. The summed E-state index contributed by atoms with van der Waals surface area (Å²) in [4.78, 5) is 25.0. The van der Waals surface area contributed by atoms with Crippen molar-refractivity contribution in [1.29, 1.82) is 0 Å². The molecule has 0 radical (unpaired) electrons. The van der Waals surface area contributed by atoms with Crippen molar-refractivity contribution in [3.05, 3.63) is 18.0 Å². The second-order valence-corrected chi connectivity index (χ2v) is 12.0. The van der Waals surface area contributed by atoms with Gasteiger partial charge in [-0.25, -0.2) is 23.2 Å². The van der Waals surface area contributed by atoms with Gasteiger partial charge in [-0.1, -0.05) is 0 Å². The van der Waals surface area contributed by atoms with Crippen LogP contribution in [0.5, 0.6) is 0 Å². The third-order valence-corrected chi connectivity index (χ3v) is 6.55. The summed E-state index contributed by atoms with van der Waals surface area (Å²) >= 11 is 0. The molecule has 1 N–H and O–H groups in total. The lowest BCUT2D eigenvalue weighted by molar-refractivity contribution is 0.0208. The van der Waals surface area contributed by atoms with Crippen LogP contribution in [0.1, 0.15) is 54.0 Å². The first-order valence-corrected chi connectivity index (χ1v) is 12.6. The minimum absolute atomic E-state index is 0.173. The van der Waals surface area contributed by atoms with E-state index in [1.165, 1.54) is 10.6 Å². The Hall–Kier alpha value is -1.98. The molecule has 2 rings (SSSR count). The number of piperazine rings is 1. The number of anilines is 1. The number of sulfonamides is 1. The van der Waals surface area contributed by atoms with Crippen molar-refractivity contribution in [2.24, 2.45) is 0 Å². The molecule has 1 saturated heterocycles. The highest BCUT2D eigenvalue weighted by Crippen LogP contribution is 2.23. The number of carbonyl (C=O) groups is 1. The molecule has 0 bridgehead atoms. The molecular weight excluding hydrogens is 434 g/mol. The summed E-state index contributed by atoms with van der Waals surface area (Å²) in [5.41, 5.74) is -1.13. The maximum absolute atomic E-state index is 12.7. The Morgan fingerprint density at radius 1 is 1.22 bits per heavy atom. The minimum Gasteiger partial charge on any atom is -0.444 e. The van der Waals surface area contributed by atoms with E-state index in [0.717, 1.165) is 0 Å². The van der Waals surface area contributed by atoms with Crippen molar-refractivity contribution in [3.63, 3.8) is 0 Å². The highest BCUT2D eigenvalue weighted by atomic mass is 32.2. The number of amides is 1. The summed E-state index contributed by atoms with van der Waals surface area (Å²) < 4.78 is 31.7. The second kappa shape index (κ2) is 9.48. The van der Waals surface area contributed by atoms with Crippen molar-refractivity contribution in [2.45, 2.75) is 71.8 Å². The SMILES string of the molecule is CC(C)N(C[C@H]1CN(C(=O)OC(C)(C)C)CCN1c1ncc(C(C)(C)O)cn1)S(C)(=O)=O. The van der Waals surface area contributed by atoms with Crippen LogP contribution in [0, 0.1) is 0 Å². The molecule has 2 heterocycles. The van der Waals surface area contributed by atoms with Gasteiger partial charge in [-0.3, -0.25) is 0 Å². The average Bonchev–Trinajstić information content (AvgIpc) is 2.62. The molecular formula is C21H37N5O5S. The van der Waals surface area contributed by atoms with Crippen LogP contribution in [0.4, 0.5) is 10.7 Å². The molecule has 1 fully saturated rings. The van der Waals surface area contributed by atoms with Crippen LogP contribution in [0.3, 0.4) is 0 Å². The van der Waals surface area contributed by atoms with Crippen molar-refractivity contribution in [3.8, 4) is 0 Å². The number of hydrogen-bond acceptors (Lipinski definition) is 8. The Bertz CT molecular complexity index is 891. The quantitative estimate of drug-likeness (QED) is 0.668. The van der Waals surface area contributed by atoms with Gasteiger partial charge >= 0.3 is 6.09 Å². The summed E-state index contributed by atoms with van der Waals surface area (Å²) in [6.07, 6.45) is 3.88. The maximum atomic E-state index is 12.7. The Balaban J connectivity index is 2.34. The number of aromatic nitrogens is 2. The number of rotatable bonds is 6. The van der Waals surface area contributed by atoms with Gasteiger partial charge < -0.3 is 19.6 Å². The van der Waals surface area contributed by atoms with Crippen LogP contribution in [0.2, 0.25) is 0 Å². The van der Waals surface area contributed by atoms with Crippen LogP contribution in [-0.2, 0) is 20.4 Å². The zero-order valence-electron chi connectivity index (χ0n) is 20.4. The van der Waals surface area contributed by atoms with Gasteiger partial charge in [-0.2, -0.15) is 4.31 Å². The van der Waals surface area contributed by atoms with E-state index >= 15 is 0 Å². The smallest absolute Gasteiger partial charge is 0.410 e. The fourth-order valence-corrected chi connectivity index (χ4v) is 4.70. The van der Waals surface area contributed by atoms with E-state index in [0.29, 0.717) is 24.6 Å². The highest BCUT2D eigenvalue weighted by molar-refractivity contribution is 7.88. The van der Waals surface area contributed by atoms with E-state index in [9.17, 15) is 18.3 Å². The van der Waals surface area contributed by atoms with E-state index in [-0.39, 0.29) is 25.2 Å². The normalized spacial score (nSPS) is 18.4. The summed E-state index contributed by atoms with van der Waals surface area (Å²) in [7, 11) is -3.46. The molecule has 182 valence electrons. The maximum Gasteiger partial charge on any atom is 0.410 e. The highest BCUT2D eigenvalue weighted by Gasteiger charge is 2.36. The van der Waals surface area contributed by atoms with Crippen molar-refractivity contribution in [1.82, 2.24) is 19.2 Å². The Kier molecular flexibility index (Phi) is 7.79. The van der Waals surface area contributed by atoms with Gasteiger partial charge in [0.1, 0.15) is 5.60 Å². The molecule has 0 aliphatic carbocycles. The Morgan fingerprint density at radius 2 is 1.78 bits per heavy atom. The topological polar surface area (TPSA) is 116 Å². The fraction of sp³-hybridized carbons (Fsp3) is 0.762. The fourth-order valence-electron chi connectivity index (χ4n) is 3.49. The molecule has 0 aromatic carbocycles. The molecule has 10 nitrogen and oxygen atoms in total. The predicted octanol–water partition coefficient (Wildman–Crippen LogP) is 1.80. The molecule has 1 aliphatic rings. The van der Waals surface area contributed by atoms with Crippen LogP contribution in [0.25, 0.3) is 0 Å². The zero-order chi connectivity index (χ0) is 24.5. The number of aliphatic hydroxyl groups is 1. The number of ether oxygens (including phenoxy) is 1. The van der Waals surface area contributed by atoms with Crippen LogP contribution in [-0.4, -0.2) is 88.9 Å². The molecule has 1 amide bonds. The van der Waals surface area contributed by atoms with Gasteiger partial charge in [0.05, 0.1) is 17.9 Å². The molecule has 0 unspecified atom stereocenters. The van der Waals surface area contributed by atoms with Gasteiger partial charge in [-0.05, 0) is 48.5 Å². The standard InChI is InChI=1S/C21H37N5O5S/c1-15(2)26(32(8,29)30)14-17-13-24(19(27)31-20(3,4)5)9-10-25(17)18-22-11-16(12-23-18)21(6,7)28/h11-12,15,17,28H,9-10,13-14H2,1-8H3/t17-/m1/s1. The number of nitrogens with zero attached hydrogens (tertiary/aromatic N) is 5. The molecule has 1 aromatic heterocycles. The molecule has 0 spiro atoms. The number of hydrogen-bond donors (Lipinski definition) is 1. The molecule has 1 aliphatic heterocycles. The first-order chi connectivity index (χ1) is 14.5. The Morgan fingerprint density at radius 3 is 2.22 bits per heavy atom. The largest absolute Gasteiger partial charge is 0.444 e. The first-order valence-electron chi connectivity index (χ1n) is 10.8. The minimum atomic E-state index is -3.46. The van der Waals surface area contributed by atoms with Gasteiger partial charge in [0.2, 0.25) is 16.0 Å². The van der Waals surface area contributed by atoms with Gasteiger partial charge in [-0.15, -0.1) is 0 Å². The lowest BCUT2D eigenvalue weighted by Gasteiger charge is -2.43. The number of carbonyl (C=O) groups excluding carboxylic acids is 1. The van der Waals surface area contributed by atoms with E-state index < -0.39 is 27.3 Å². The molecule has 1 aromatic rings. The Labute approximate surface area is 191 Å². The van der Waals surface area contributed by atoms with E-state index in [2.05, 4.69) is 9.97 Å². The molecule has 32 heavy (non-hydrogen) atoms. The van der Waals surface area contributed by atoms with Crippen LogP contribution in [0.15, 0.2) is 12.4 Å². The summed E-state index contributed by atoms with van der Waals surface area (Å²) in [6, 6.07) is -0.622. The third kappa shape index (κ3) is 7.01. The van der Waals surface area contributed by atoms with Gasteiger partial charge in [0.25, 0.3) is 0 Å². The lowest BCUT2D eigenvalue weighted by Crippen LogP contribution is -2.60. The first kappa shape index (κ1) is 26.3. The lowest BCUT2D eigenvalue weighted by atomic mass is 10.0. The molecule has 11 heteroatoms. The van der Waals surface area contributed by atoms with Crippen molar-refractivity contribution < 1.29 is 23.1 Å². The predicted molar refractivity (Wildman–Crippen MR) is 123 cm³/mol. The van der Waals surface area contributed by atoms with E-state index in [4.69, 9.17) is 4.74 Å². The summed E-state index contributed by atoms with van der Waals surface area (Å²) in [5, 5.41) is 10.2. The average molecular weight is 472 g/mol. The van der Waals surface area contributed by atoms with E-state index in [1.54, 1.807) is 51.9 Å². The van der Waals surface area contributed by atoms with Crippen molar-refractivity contribution >= 4 is 22.1 Å². The summed E-state index contributed by atoms with van der Waals surface area (Å²) in [5.74, 6) is 0.420. The van der Waals surface area contributed by atoms with Gasteiger partial charge in [0.15, 0.2) is 0 Å². The van der Waals surface area contributed by atoms with E-state index in [1.807, 2.05) is 18.7 Å². The summed E-state index contributed by atoms with van der Waals surface area (Å²) in [6.45, 7) is 13.6. The van der Waals surface area contributed by atoms with Gasteiger partial charge in [0, 0.05) is 50.2 Å². The molecule has 1 atom stereocenters.